The molecule has 0 bridgehead atoms. The van der Waals surface area contributed by atoms with Crippen LogP contribution in [0.5, 0.6) is 0 Å². The predicted molar refractivity (Wildman–Crippen MR) is 68.1 cm³/mol. The molecule has 0 saturated heterocycles. The molecule has 2 N–H and O–H groups in total. The molecule has 98 valence electrons. The summed E-state index contributed by atoms with van der Waals surface area (Å²) in [6.45, 7) is 1.85. The third-order valence-electron chi connectivity index (χ3n) is 2.70. The number of hydrogen-bond acceptors (Lipinski definition) is 3. The van der Waals surface area contributed by atoms with Gasteiger partial charge in [-0.2, -0.15) is 0 Å². The van der Waals surface area contributed by atoms with Gasteiger partial charge in [0.1, 0.15) is 0 Å². The Morgan fingerprint density at radius 3 is 2.56 bits per heavy atom. The second-order valence-electron chi connectivity index (χ2n) is 3.87. The summed E-state index contributed by atoms with van der Waals surface area (Å²) >= 11 is 5.49. The Bertz CT molecular complexity index is 456. The third-order valence-corrected chi connectivity index (χ3v) is 2.89. The second kappa shape index (κ2) is 6.52. The molecule has 0 radical (unpaired) electrons. The highest BCUT2D eigenvalue weighted by atomic mass is 35.5. The number of aliphatic hydroxyl groups is 1. The summed E-state index contributed by atoms with van der Waals surface area (Å²) in [6.07, 6.45) is -0.831. The number of aliphatic hydroxyl groups excluding tert-OH is 1. The van der Waals surface area contributed by atoms with Crippen molar-refractivity contribution < 1.29 is 19.8 Å². The second-order valence-corrected chi connectivity index (χ2v) is 4.25. The first-order valence-electron chi connectivity index (χ1n) is 5.64. The van der Waals surface area contributed by atoms with Crippen LogP contribution in [0, 0.1) is 0 Å². The van der Waals surface area contributed by atoms with Gasteiger partial charge in [-0.1, -0.05) is 19.1 Å². The maximum Gasteiger partial charge on any atom is 0.337 e. The number of Topliss-reactive ketones (excluding diaryl/α,β-unsaturated/α-hetero) is 1. The average Bonchev–Trinajstić information content (AvgIpc) is 2.37. The molecule has 0 aliphatic heterocycles. The van der Waals surface area contributed by atoms with E-state index in [1.165, 1.54) is 6.07 Å². The zero-order valence-electron chi connectivity index (χ0n) is 10.0. The fourth-order valence-electron chi connectivity index (χ4n) is 1.71. The summed E-state index contributed by atoms with van der Waals surface area (Å²) in [7, 11) is 0. The lowest BCUT2D eigenvalue weighted by atomic mass is 9.96. The molecule has 0 spiro atoms. The summed E-state index contributed by atoms with van der Waals surface area (Å²) in [5, 5.41) is 18.4. The molecule has 0 aliphatic rings. The first-order chi connectivity index (χ1) is 8.51. The van der Waals surface area contributed by atoms with Crippen LogP contribution in [-0.4, -0.2) is 27.8 Å². The van der Waals surface area contributed by atoms with Crippen LogP contribution in [-0.2, 0) is 11.2 Å². The van der Waals surface area contributed by atoms with Crippen molar-refractivity contribution in [1.82, 2.24) is 0 Å². The van der Waals surface area contributed by atoms with Crippen LogP contribution in [0.4, 0.5) is 0 Å². The largest absolute Gasteiger partial charge is 0.479 e. The smallest absolute Gasteiger partial charge is 0.337 e. The molecule has 1 aromatic rings. The van der Waals surface area contributed by atoms with Crippen LogP contribution < -0.4 is 0 Å². The Labute approximate surface area is 110 Å². The van der Waals surface area contributed by atoms with Crippen LogP contribution in [0.25, 0.3) is 0 Å². The van der Waals surface area contributed by atoms with Gasteiger partial charge in [0, 0.05) is 17.9 Å². The number of aryl methyl sites for hydroxylation is 1. The van der Waals surface area contributed by atoms with Crippen LogP contribution in [0.1, 0.15) is 40.9 Å². The molecule has 4 nitrogen and oxygen atoms in total. The maximum atomic E-state index is 11.7. The highest BCUT2D eigenvalue weighted by molar-refractivity contribution is 6.19. The Morgan fingerprint density at radius 2 is 2.06 bits per heavy atom. The topological polar surface area (TPSA) is 74.6 Å². The van der Waals surface area contributed by atoms with Gasteiger partial charge in [-0.3, -0.25) is 4.79 Å². The molecular formula is C13H15ClO4. The average molecular weight is 271 g/mol. The SMILES string of the molecule is CCc1ccc(C(=O)CCCl)cc1C(O)C(=O)O. The summed E-state index contributed by atoms with van der Waals surface area (Å²) in [4.78, 5) is 22.5. The van der Waals surface area contributed by atoms with Crippen molar-refractivity contribution in [2.45, 2.75) is 25.9 Å². The fourth-order valence-corrected chi connectivity index (χ4v) is 1.88. The number of carbonyl (C=O) groups is 2. The lowest BCUT2D eigenvalue weighted by Crippen LogP contribution is -2.14. The quantitative estimate of drug-likeness (QED) is 0.614. The summed E-state index contributed by atoms with van der Waals surface area (Å²) in [5.74, 6) is -1.27. The van der Waals surface area contributed by atoms with E-state index in [1.807, 2.05) is 6.92 Å². The highest BCUT2D eigenvalue weighted by Crippen LogP contribution is 2.21. The lowest BCUT2D eigenvalue weighted by molar-refractivity contribution is -0.147. The van der Waals surface area contributed by atoms with Crippen molar-refractivity contribution in [2.24, 2.45) is 0 Å². The van der Waals surface area contributed by atoms with E-state index < -0.39 is 12.1 Å². The highest BCUT2D eigenvalue weighted by Gasteiger charge is 2.20. The number of carboxylic acid groups (broad SMARTS) is 1. The Balaban J connectivity index is 3.17. The first-order valence-corrected chi connectivity index (χ1v) is 6.17. The predicted octanol–water partition coefficient (Wildman–Crippen LogP) is 2.18. The number of carbonyl (C=O) groups excluding carboxylic acids is 1. The molecule has 0 aliphatic carbocycles. The minimum absolute atomic E-state index is 0.161. The summed E-state index contributed by atoms with van der Waals surface area (Å²) in [5.41, 5.74) is 1.36. The molecule has 0 aromatic heterocycles. The zero-order chi connectivity index (χ0) is 13.7. The molecule has 0 amide bonds. The molecule has 0 saturated carbocycles. The van der Waals surface area contributed by atoms with Gasteiger partial charge in [0.2, 0.25) is 0 Å². The monoisotopic (exact) mass is 270 g/mol. The number of ketones is 1. The van der Waals surface area contributed by atoms with Gasteiger partial charge in [-0.15, -0.1) is 11.6 Å². The van der Waals surface area contributed by atoms with E-state index in [9.17, 15) is 14.7 Å². The molecule has 1 atom stereocenters. The normalized spacial score (nSPS) is 12.2. The van der Waals surface area contributed by atoms with Crippen LogP contribution in [0.15, 0.2) is 18.2 Å². The van der Waals surface area contributed by atoms with Crippen molar-refractivity contribution >= 4 is 23.4 Å². The van der Waals surface area contributed by atoms with Crippen LogP contribution >= 0.6 is 11.6 Å². The van der Waals surface area contributed by atoms with Gasteiger partial charge in [0.25, 0.3) is 0 Å². The number of carboxylic acids is 1. The summed E-state index contributed by atoms with van der Waals surface area (Å²) in [6, 6.07) is 4.74. The van der Waals surface area contributed by atoms with Crippen molar-refractivity contribution in [3.8, 4) is 0 Å². The number of hydrogen-bond donors (Lipinski definition) is 2. The molecular weight excluding hydrogens is 256 g/mol. The molecule has 1 aromatic carbocycles. The van der Waals surface area contributed by atoms with Crippen molar-refractivity contribution in [3.05, 3.63) is 34.9 Å². The lowest BCUT2D eigenvalue weighted by Gasteiger charge is -2.12. The van der Waals surface area contributed by atoms with E-state index in [2.05, 4.69) is 0 Å². The van der Waals surface area contributed by atoms with Gasteiger partial charge in [-0.05, 0) is 23.6 Å². The number of benzene rings is 1. The number of alkyl halides is 1. The molecule has 18 heavy (non-hydrogen) atoms. The van der Waals surface area contributed by atoms with E-state index >= 15 is 0 Å². The van der Waals surface area contributed by atoms with Crippen molar-refractivity contribution in [3.63, 3.8) is 0 Å². The molecule has 1 unspecified atom stereocenters. The van der Waals surface area contributed by atoms with E-state index in [-0.39, 0.29) is 23.6 Å². The molecule has 0 fully saturated rings. The fraction of sp³-hybridized carbons (Fsp3) is 0.385. The molecule has 0 heterocycles. The number of halogens is 1. The number of aliphatic carboxylic acids is 1. The van der Waals surface area contributed by atoms with Gasteiger partial charge in [0.15, 0.2) is 11.9 Å². The van der Waals surface area contributed by atoms with Gasteiger partial charge >= 0.3 is 5.97 Å². The van der Waals surface area contributed by atoms with E-state index in [0.29, 0.717) is 17.5 Å². The van der Waals surface area contributed by atoms with Gasteiger partial charge in [0.05, 0.1) is 0 Å². The Morgan fingerprint density at radius 1 is 1.39 bits per heavy atom. The van der Waals surface area contributed by atoms with E-state index in [4.69, 9.17) is 16.7 Å². The van der Waals surface area contributed by atoms with Crippen LogP contribution in [0.2, 0.25) is 0 Å². The maximum absolute atomic E-state index is 11.7. The van der Waals surface area contributed by atoms with Gasteiger partial charge in [-0.25, -0.2) is 4.79 Å². The molecule has 1 rings (SSSR count). The minimum Gasteiger partial charge on any atom is -0.479 e. The number of rotatable bonds is 6. The first kappa shape index (κ1) is 14.7. The third kappa shape index (κ3) is 3.31. The summed E-state index contributed by atoms with van der Waals surface area (Å²) < 4.78 is 0. The van der Waals surface area contributed by atoms with Crippen LogP contribution in [0.3, 0.4) is 0 Å². The van der Waals surface area contributed by atoms with E-state index in [0.717, 1.165) is 0 Å². The molecule has 5 heteroatoms. The van der Waals surface area contributed by atoms with E-state index in [1.54, 1.807) is 12.1 Å². The Hall–Kier alpha value is -1.39. The minimum atomic E-state index is -1.61. The Kier molecular flexibility index (Phi) is 5.31. The zero-order valence-corrected chi connectivity index (χ0v) is 10.8. The van der Waals surface area contributed by atoms with Gasteiger partial charge < -0.3 is 10.2 Å². The van der Waals surface area contributed by atoms with Crippen molar-refractivity contribution in [1.29, 1.82) is 0 Å². The standard InChI is InChI=1S/C13H15ClO4/c1-2-8-3-4-9(11(15)5-6-14)7-10(8)12(16)13(17)18/h3-4,7,12,16H,2,5-6H2,1H3,(H,17,18). The van der Waals surface area contributed by atoms with Crippen molar-refractivity contribution in [2.75, 3.05) is 5.88 Å².